The van der Waals surface area contributed by atoms with Crippen molar-refractivity contribution in [3.63, 3.8) is 0 Å². The second kappa shape index (κ2) is 5.95. The number of aromatic nitrogens is 1. The van der Waals surface area contributed by atoms with Gasteiger partial charge in [-0.1, -0.05) is 0 Å². The van der Waals surface area contributed by atoms with Gasteiger partial charge in [0, 0.05) is 15.1 Å². The summed E-state index contributed by atoms with van der Waals surface area (Å²) in [6.07, 6.45) is 1.79. The van der Waals surface area contributed by atoms with Crippen molar-refractivity contribution in [1.82, 2.24) is 10.3 Å². The molecule has 1 heterocycles. The number of amides is 1. The highest BCUT2D eigenvalue weighted by Crippen LogP contribution is 2.26. The van der Waals surface area contributed by atoms with E-state index in [9.17, 15) is 9.59 Å². The smallest absolute Gasteiger partial charge is 0.305 e. The predicted octanol–water partition coefficient (Wildman–Crippen LogP) is 1.87. The molecule has 5 nitrogen and oxygen atoms in total. The first kappa shape index (κ1) is 13.1. The molecule has 0 fully saturated rings. The van der Waals surface area contributed by atoms with Gasteiger partial charge in [-0.2, -0.15) is 0 Å². The summed E-state index contributed by atoms with van der Waals surface area (Å²) >= 11 is 6.50. The van der Waals surface area contributed by atoms with Gasteiger partial charge in [0.05, 0.1) is 18.2 Å². The van der Waals surface area contributed by atoms with Crippen molar-refractivity contribution in [3.8, 4) is 0 Å². The molecule has 86 valence electrons. The average molecular weight is 352 g/mol. The zero-order chi connectivity index (χ0) is 12.1. The zero-order valence-corrected chi connectivity index (χ0v) is 11.2. The standard InChI is InChI=1S/C9H8Br2N2O3/c10-5-1-6(11)9(12-3-5)7(13-4-14)2-8(15)16/h1,3-4,7H,2H2,(H,13,14)(H,15,16). The van der Waals surface area contributed by atoms with E-state index in [1.807, 2.05) is 0 Å². The Morgan fingerprint density at radius 2 is 2.31 bits per heavy atom. The van der Waals surface area contributed by atoms with Crippen molar-refractivity contribution in [1.29, 1.82) is 0 Å². The Kier molecular flexibility index (Phi) is 4.88. The van der Waals surface area contributed by atoms with Crippen LogP contribution in [0.4, 0.5) is 0 Å². The molecule has 1 amide bonds. The normalized spacial score (nSPS) is 11.9. The molecule has 16 heavy (non-hydrogen) atoms. The number of hydrogen-bond donors (Lipinski definition) is 2. The summed E-state index contributed by atoms with van der Waals surface area (Å²) in [7, 11) is 0. The highest BCUT2D eigenvalue weighted by molar-refractivity contribution is 9.11. The zero-order valence-electron chi connectivity index (χ0n) is 7.98. The summed E-state index contributed by atoms with van der Waals surface area (Å²) in [5.74, 6) is -1.00. The number of carboxylic acids is 1. The second-order valence-electron chi connectivity index (χ2n) is 2.96. The Morgan fingerprint density at radius 1 is 1.62 bits per heavy atom. The number of carbonyl (C=O) groups excluding carboxylic acids is 1. The highest BCUT2D eigenvalue weighted by atomic mass is 79.9. The van der Waals surface area contributed by atoms with Crippen LogP contribution in [0.25, 0.3) is 0 Å². The van der Waals surface area contributed by atoms with Gasteiger partial charge in [0.1, 0.15) is 0 Å². The fourth-order valence-electron chi connectivity index (χ4n) is 1.17. The molecular formula is C9H8Br2N2O3. The first-order valence-corrected chi connectivity index (χ1v) is 5.85. The number of nitrogens with zero attached hydrogens (tertiary/aromatic N) is 1. The molecule has 1 unspecified atom stereocenters. The van der Waals surface area contributed by atoms with Crippen molar-refractivity contribution in [2.75, 3.05) is 0 Å². The number of halogens is 2. The molecule has 0 spiro atoms. The Bertz CT molecular complexity index is 412. The molecule has 1 atom stereocenters. The van der Waals surface area contributed by atoms with E-state index in [2.05, 4.69) is 42.2 Å². The maximum absolute atomic E-state index is 10.6. The number of hydrogen-bond acceptors (Lipinski definition) is 3. The third-order valence-electron chi connectivity index (χ3n) is 1.81. The van der Waals surface area contributed by atoms with Crippen LogP contribution < -0.4 is 5.32 Å². The van der Waals surface area contributed by atoms with E-state index in [1.165, 1.54) is 0 Å². The average Bonchev–Trinajstić information content (AvgIpc) is 2.16. The van der Waals surface area contributed by atoms with Gasteiger partial charge < -0.3 is 10.4 Å². The lowest BCUT2D eigenvalue weighted by molar-refractivity contribution is -0.137. The summed E-state index contributed by atoms with van der Waals surface area (Å²) in [6.45, 7) is 0. The first-order valence-electron chi connectivity index (χ1n) is 4.27. The van der Waals surface area contributed by atoms with E-state index in [-0.39, 0.29) is 6.42 Å². The van der Waals surface area contributed by atoms with E-state index in [4.69, 9.17) is 5.11 Å². The number of carbonyl (C=O) groups is 2. The van der Waals surface area contributed by atoms with Crippen LogP contribution in [-0.4, -0.2) is 22.5 Å². The molecule has 7 heteroatoms. The minimum absolute atomic E-state index is 0.216. The summed E-state index contributed by atoms with van der Waals surface area (Å²) in [5, 5.41) is 11.1. The topological polar surface area (TPSA) is 79.3 Å². The summed E-state index contributed by atoms with van der Waals surface area (Å²) < 4.78 is 1.41. The fraction of sp³-hybridized carbons (Fsp3) is 0.222. The fourth-order valence-corrected chi connectivity index (χ4v) is 2.44. The minimum Gasteiger partial charge on any atom is -0.481 e. The van der Waals surface area contributed by atoms with Gasteiger partial charge in [-0.3, -0.25) is 14.6 Å². The maximum Gasteiger partial charge on any atom is 0.305 e. The van der Waals surface area contributed by atoms with E-state index >= 15 is 0 Å². The van der Waals surface area contributed by atoms with Crippen LogP contribution in [0, 0.1) is 0 Å². The van der Waals surface area contributed by atoms with Gasteiger partial charge in [-0.25, -0.2) is 0 Å². The van der Waals surface area contributed by atoms with Gasteiger partial charge >= 0.3 is 5.97 Å². The number of aliphatic carboxylic acids is 1. The summed E-state index contributed by atoms with van der Waals surface area (Å²) in [4.78, 5) is 25.1. The molecule has 1 rings (SSSR count). The maximum atomic E-state index is 10.6. The van der Waals surface area contributed by atoms with Gasteiger partial charge in [-0.05, 0) is 37.9 Å². The van der Waals surface area contributed by atoms with Crippen LogP contribution >= 0.6 is 31.9 Å². The SMILES string of the molecule is O=CNC(CC(=O)O)c1ncc(Br)cc1Br. The van der Waals surface area contributed by atoms with E-state index in [0.717, 1.165) is 4.47 Å². The molecular weight excluding hydrogens is 344 g/mol. The first-order chi connectivity index (χ1) is 7.54. The van der Waals surface area contributed by atoms with Crippen molar-refractivity contribution in [3.05, 3.63) is 26.9 Å². The summed E-state index contributed by atoms with van der Waals surface area (Å²) in [6, 6.07) is 1.10. The van der Waals surface area contributed by atoms with Crippen molar-refractivity contribution < 1.29 is 14.7 Å². The Morgan fingerprint density at radius 3 is 2.81 bits per heavy atom. The van der Waals surface area contributed by atoms with Gasteiger partial charge in [0.15, 0.2) is 0 Å². The van der Waals surface area contributed by atoms with E-state index < -0.39 is 12.0 Å². The molecule has 0 aliphatic carbocycles. The molecule has 2 N–H and O–H groups in total. The lowest BCUT2D eigenvalue weighted by Crippen LogP contribution is -2.23. The molecule has 1 aromatic rings. The molecule has 0 bridgehead atoms. The number of carboxylic acid groups (broad SMARTS) is 1. The molecule has 0 radical (unpaired) electrons. The Hall–Kier alpha value is -0.950. The van der Waals surface area contributed by atoms with Crippen molar-refractivity contribution in [2.45, 2.75) is 12.5 Å². The van der Waals surface area contributed by atoms with Crippen LogP contribution in [0.5, 0.6) is 0 Å². The van der Waals surface area contributed by atoms with Gasteiger partial charge in [-0.15, -0.1) is 0 Å². The molecule has 1 aromatic heterocycles. The third-order valence-corrected chi connectivity index (χ3v) is 2.88. The Labute approximate surface area is 109 Å². The molecule has 0 aliphatic heterocycles. The Balaban J connectivity index is 3.00. The quantitative estimate of drug-likeness (QED) is 0.794. The van der Waals surface area contributed by atoms with E-state index in [1.54, 1.807) is 12.3 Å². The second-order valence-corrected chi connectivity index (χ2v) is 4.73. The molecule has 0 aromatic carbocycles. The summed E-state index contributed by atoms with van der Waals surface area (Å²) in [5.41, 5.74) is 0.484. The van der Waals surface area contributed by atoms with Crippen LogP contribution in [-0.2, 0) is 9.59 Å². The van der Waals surface area contributed by atoms with Crippen LogP contribution in [0.2, 0.25) is 0 Å². The van der Waals surface area contributed by atoms with Crippen molar-refractivity contribution >= 4 is 44.2 Å². The monoisotopic (exact) mass is 350 g/mol. The third kappa shape index (κ3) is 3.57. The number of pyridine rings is 1. The largest absolute Gasteiger partial charge is 0.481 e. The van der Waals surface area contributed by atoms with Gasteiger partial charge in [0.2, 0.25) is 6.41 Å². The lowest BCUT2D eigenvalue weighted by Gasteiger charge is -2.14. The van der Waals surface area contributed by atoms with Crippen LogP contribution in [0.15, 0.2) is 21.2 Å². The van der Waals surface area contributed by atoms with Crippen LogP contribution in [0.3, 0.4) is 0 Å². The van der Waals surface area contributed by atoms with E-state index in [0.29, 0.717) is 16.6 Å². The molecule has 0 saturated heterocycles. The molecule has 0 aliphatic rings. The highest BCUT2D eigenvalue weighted by Gasteiger charge is 2.18. The number of rotatable bonds is 5. The lowest BCUT2D eigenvalue weighted by atomic mass is 10.1. The number of nitrogens with one attached hydrogen (secondary N) is 1. The molecule has 0 saturated carbocycles. The van der Waals surface area contributed by atoms with Crippen LogP contribution in [0.1, 0.15) is 18.2 Å². The predicted molar refractivity (Wildman–Crippen MR) is 63.8 cm³/mol. The van der Waals surface area contributed by atoms with Crippen molar-refractivity contribution in [2.24, 2.45) is 0 Å². The minimum atomic E-state index is -1.00. The van der Waals surface area contributed by atoms with Gasteiger partial charge in [0.25, 0.3) is 0 Å².